The number of β-amino-alcohol motifs (C(OH)–C–C–N with tert-alkyl or cyclic N) is 1. The van der Waals surface area contributed by atoms with Crippen LogP contribution in [0.1, 0.15) is 31.9 Å². The summed E-state index contributed by atoms with van der Waals surface area (Å²) in [7, 11) is 1.62. The van der Waals surface area contributed by atoms with Gasteiger partial charge in [-0.3, -0.25) is 0 Å². The number of amides is 2. The van der Waals surface area contributed by atoms with Gasteiger partial charge >= 0.3 is 6.03 Å². The Hall–Kier alpha value is -1.30. The fraction of sp³-hybridized carbons (Fsp3) is 0.588. The van der Waals surface area contributed by atoms with Crippen molar-refractivity contribution in [2.75, 3.05) is 20.2 Å². The molecule has 128 valence electrons. The van der Waals surface area contributed by atoms with E-state index in [2.05, 4.69) is 5.32 Å². The molecule has 23 heavy (non-hydrogen) atoms. The van der Waals surface area contributed by atoms with E-state index < -0.39 is 6.10 Å². The lowest BCUT2D eigenvalue weighted by atomic mass is 9.96. The van der Waals surface area contributed by atoms with Gasteiger partial charge in [-0.2, -0.15) is 0 Å². The van der Waals surface area contributed by atoms with E-state index in [1.54, 1.807) is 24.1 Å². The first-order valence-corrected chi connectivity index (χ1v) is 8.32. The van der Waals surface area contributed by atoms with Gasteiger partial charge in [-0.05, 0) is 37.0 Å². The van der Waals surface area contributed by atoms with E-state index in [0.717, 1.165) is 12.0 Å². The number of carbonyl (C=O) groups is 1. The zero-order chi connectivity index (χ0) is 17.0. The molecule has 2 rings (SSSR count). The van der Waals surface area contributed by atoms with Crippen molar-refractivity contribution < 1.29 is 14.6 Å². The molecule has 2 amide bonds. The van der Waals surface area contributed by atoms with Crippen LogP contribution in [0.2, 0.25) is 5.02 Å². The molecule has 0 aliphatic carbocycles. The highest BCUT2D eigenvalue weighted by Gasteiger charge is 2.29. The molecule has 2 N–H and O–H groups in total. The molecule has 1 aliphatic heterocycles. The number of ether oxygens (including phenoxy) is 1. The SMILES string of the molecule is COC(c1ccc(Cl)cc1)C(C)NC(=O)N1CCC(C)C(O)C1. The molecule has 0 aromatic heterocycles. The lowest BCUT2D eigenvalue weighted by Gasteiger charge is -2.35. The molecule has 0 radical (unpaired) electrons. The topological polar surface area (TPSA) is 61.8 Å². The highest BCUT2D eigenvalue weighted by Crippen LogP contribution is 2.23. The van der Waals surface area contributed by atoms with Crippen molar-refractivity contribution in [1.82, 2.24) is 10.2 Å². The third-order valence-electron chi connectivity index (χ3n) is 4.46. The predicted octanol–water partition coefficient (Wildman–Crippen LogP) is 2.83. The van der Waals surface area contributed by atoms with E-state index in [1.807, 2.05) is 26.0 Å². The van der Waals surface area contributed by atoms with Gasteiger partial charge in [0.1, 0.15) is 6.10 Å². The molecule has 4 atom stereocenters. The molecule has 1 aromatic rings. The van der Waals surface area contributed by atoms with E-state index >= 15 is 0 Å². The zero-order valence-corrected chi connectivity index (χ0v) is 14.6. The largest absolute Gasteiger partial charge is 0.391 e. The van der Waals surface area contributed by atoms with Crippen molar-refractivity contribution in [2.45, 2.75) is 38.5 Å². The van der Waals surface area contributed by atoms with Gasteiger partial charge in [-0.25, -0.2) is 4.79 Å². The Morgan fingerprint density at radius 2 is 2.09 bits per heavy atom. The number of piperidine rings is 1. The molecule has 6 heteroatoms. The van der Waals surface area contributed by atoms with Gasteiger partial charge in [-0.15, -0.1) is 0 Å². The summed E-state index contributed by atoms with van der Waals surface area (Å²) in [5.74, 6) is 0.234. The quantitative estimate of drug-likeness (QED) is 0.886. The summed E-state index contributed by atoms with van der Waals surface area (Å²) in [4.78, 5) is 14.1. The molecule has 1 aliphatic rings. The molecule has 0 spiro atoms. The number of nitrogens with zero attached hydrogens (tertiary/aromatic N) is 1. The number of aliphatic hydroxyl groups is 1. The summed E-state index contributed by atoms with van der Waals surface area (Å²) in [6.45, 7) is 4.95. The second kappa shape index (κ2) is 7.99. The second-order valence-electron chi connectivity index (χ2n) is 6.23. The molecule has 1 fully saturated rings. The van der Waals surface area contributed by atoms with Crippen molar-refractivity contribution in [1.29, 1.82) is 0 Å². The Morgan fingerprint density at radius 1 is 1.43 bits per heavy atom. The summed E-state index contributed by atoms with van der Waals surface area (Å²) in [5, 5.41) is 13.6. The van der Waals surface area contributed by atoms with Gasteiger partial charge in [0.05, 0.1) is 12.1 Å². The molecule has 0 bridgehead atoms. The van der Waals surface area contributed by atoms with E-state index in [0.29, 0.717) is 18.1 Å². The highest BCUT2D eigenvalue weighted by molar-refractivity contribution is 6.30. The number of methoxy groups -OCH3 is 1. The summed E-state index contributed by atoms with van der Waals surface area (Å²) >= 11 is 5.91. The summed E-state index contributed by atoms with van der Waals surface area (Å²) in [6, 6.07) is 7.03. The maximum Gasteiger partial charge on any atom is 0.317 e. The van der Waals surface area contributed by atoms with E-state index in [4.69, 9.17) is 16.3 Å². The monoisotopic (exact) mass is 340 g/mol. The number of benzene rings is 1. The van der Waals surface area contributed by atoms with Crippen molar-refractivity contribution in [2.24, 2.45) is 5.92 Å². The Kier molecular flexibility index (Phi) is 6.27. The first-order chi connectivity index (χ1) is 10.9. The maximum atomic E-state index is 12.4. The first kappa shape index (κ1) is 18.0. The van der Waals surface area contributed by atoms with Crippen LogP contribution in [0.3, 0.4) is 0 Å². The van der Waals surface area contributed by atoms with Crippen LogP contribution >= 0.6 is 11.6 Å². The van der Waals surface area contributed by atoms with Crippen LogP contribution < -0.4 is 5.32 Å². The van der Waals surface area contributed by atoms with Crippen LogP contribution in [0.25, 0.3) is 0 Å². The van der Waals surface area contributed by atoms with Crippen LogP contribution in [-0.2, 0) is 4.74 Å². The lowest BCUT2D eigenvalue weighted by Crippen LogP contribution is -2.52. The average Bonchev–Trinajstić information content (AvgIpc) is 2.52. The molecule has 0 saturated carbocycles. The summed E-state index contributed by atoms with van der Waals surface area (Å²) in [5.41, 5.74) is 0.956. The van der Waals surface area contributed by atoms with Crippen LogP contribution in [0.15, 0.2) is 24.3 Å². The van der Waals surface area contributed by atoms with E-state index in [9.17, 15) is 9.90 Å². The van der Waals surface area contributed by atoms with Gasteiger partial charge in [-0.1, -0.05) is 30.7 Å². The van der Waals surface area contributed by atoms with Crippen molar-refractivity contribution in [3.63, 3.8) is 0 Å². The standard InChI is InChI=1S/C17H25ClN2O3/c1-11-8-9-20(10-15(11)21)17(22)19-12(2)16(23-3)13-4-6-14(18)7-5-13/h4-7,11-12,15-16,21H,8-10H2,1-3H3,(H,19,22). The zero-order valence-electron chi connectivity index (χ0n) is 13.8. The molecule has 1 aromatic carbocycles. The minimum absolute atomic E-state index is 0.167. The van der Waals surface area contributed by atoms with Crippen LogP contribution in [0, 0.1) is 5.92 Å². The minimum atomic E-state index is -0.459. The van der Waals surface area contributed by atoms with Crippen molar-refractivity contribution in [3.8, 4) is 0 Å². The third kappa shape index (κ3) is 4.59. The molecule has 1 heterocycles. The summed E-state index contributed by atoms with van der Waals surface area (Å²) < 4.78 is 5.54. The van der Waals surface area contributed by atoms with Gasteiger partial charge in [0.25, 0.3) is 0 Å². The van der Waals surface area contributed by atoms with E-state index in [1.165, 1.54) is 0 Å². The number of hydrogen-bond donors (Lipinski definition) is 2. The smallest absolute Gasteiger partial charge is 0.317 e. The molecular weight excluding hydrogens is 316 g/mol. The second-order valence-corrected chi connectivity index (χ2v) is 6.66. The average molecular weight is 341 g/mol. The van der Waals surface area contributed by atoms with Crippen molar-refractivity contribution >= 4 is 17.6 Å². The third-order valence-corrected chi connectivity index (χ3v) is 4.72. The first-order valence-electron chi connectivity index (χ1n) is 7.94. The lowest BCUT2D eigenvalue weighted by molar-refractivity contribution is 0.0384. The van der Waals surface area contributed by atoms with Gasteiger partial charge in [0, 0.05) is 25.2 Å². The summed E-state index contributed by atoms with van der Waals surface area (Å²) in [6.07, 6.45) is 0.0950. The fourth-order valence-electron chi connectivity index (χ4n) is 2.88. The number of hydrogen-bond acceptors (Lipinski definition) is 3. The van der Waals surface area contributed by atoms with Gasteiger partial charge < -0.3 is 20.1 Å². The normalized spacial score (nSPS) is 24.1. The fourth-order valence-corrected chi connectivity index (χ4v) is 3.00. The molecular formula is C17H25ClN2O3. The Labute approximate surface area is 142 Å². The number of likely N-dealkylation sites (tertiary alicyclic amines) is 1. The Balaban J connectivity index is 1.97. The number of aliphatic hydroxyl groups excluding tert-OH is 1. The minimum Gasteiger partial charge on any atom is -0.391 e. The predicted molar refractivity (Wildman–Crippen MR) is 90.6 cm³/mol. The number of halogens is 1. The number of rotatable bonds is 4. The highest BCUT2D eigenvalue weighted by atomic mass is 35.5. The van der Waals surface area contributed by atoms with Gasteiger partial charge in [0.2, 0.25) is 0 Å². The Bertz CT molecular complexity index is 523. The number of urea groups is 1. The number of nitrogens with one attached hydrogen (secondary N) is 1. The Morgan fingerprint density at radius 3 is 2.65 bits per heavy atom. The molecule has 4 unspecified atom stereocenters. The van der Waals surface area contributed by atoms with Gasteiger partial charge in [0.15, 0.2) is 0 Å². The van der Waals surface area contributed by atoms with Crippen LogP contribution in [0.5, 0.6) is 0 Å². The maximum absolute atomic E-state index is 12.4. The van der Waals surface area contributed by atoms with E-state index in [-0.39, 0.29) is 24.1 Å². The van der Waals surface area contributed by atoms with Crippen LogP contribution in [0.4, 0.5) is 4.79 Å². The molecule has 1 saturated heterocycles. The van der Waals surface area contributed by atoms with Crippen LogP contribution in [-0.4, -0.2) is 48.4 Å². The van der Waals surface area contributed by atoms with Crippen molar-refractivity contribution in [3.05, 3.63) is 34.9 Å². The molecule has 5 nitrogen and oxygen atoms in total. The number of carbonyl (C=O) groups excluding carboxylic acids is 1.